The second-order valence-corrected chi connectivity index (χ2v) is 6.71. The molecular formula is C20H19ClN2O5. The minimum absolute atomic E-state index is 0.0406. The van der Waals surface area contributed by atoms with Crippen LogP contribution < -0.4 is 15.0 Å². The number of ether oxygens (including phenoxy) is 2. The minimum atomic E-state index is -0.618. The molecule has 0 unspecified atom stereocenters. The van der Waals surface area contributed by atoms with E-state index in [1.54, 1.807) is 48.5 Å². The Hall–Kier alpha value is -3.06. The van der Waals surface area contributed by atoms with Crippen LogP contribution in [0, 0.1) is 5.92 Å². The number of rotatable bonds is 6. The van der Waals surface area contributed by atoms with Gasteiger partial charge in [-0.25, -0.2) is 0 Å². The maximum Gasteiger partial charge on any atom is 0.311 e. The highest BCUT2D eigenvalue weighted by Crippen LogP contribution is 2.27. The summed E-state index contributed by atoms with van der Waals surface area (Å²) >= 11 is 5.86. The van der Waals surface area contributed by atoms with Gasteiger partial charge in [0.25, 0.3) is 5.91 Å². The lowest BCUT2D eigenvalue weighted by atomic mass is 10.1. The minimum Gasteiger partial charge on any atom is -0.497 e. The van der Waals surface area contributed by atoms with Crippen LogP contribution in [-0.2, 0) is 19.1 Å². The first kappa shape index (κ1) is 19.7. The predicted molar refractivity (Wildman–Crippen MR) is 104 cm³/mol. The number of carbonyl (C=O) groups excluding carboxylic acids is 3. The van der Waals surface area contributed by atoms with Gasteiger partial charge in [-0.2, -0.15) is 0 Å². The van der Waals surface area contributed by atoms with E-state index < -0.39 is 24.4 Å². The summed E-state index contributed by atoms with van der Waals surface area (Å²) in [6.45, 7) is -0.224. The Morgan fingerprint density at radius 2 is 1.96 bits per heavy atom. The highest BCUT2D eigenvalue weighted by molar-refractivity contribution is 6.30. The first-order valence-corrected chi connectivity index (χ1v) is 9.00. The molecule has 1 saturated heterocycles. The summed E-state index contributed by atoms with van der Waals surface area (Å²) in [6, 6.07) is 13.6. The van der Waals surface area contributed by atoms with Crippen LogP contribution in [0.5, 0.6) is 5.75 Å². The third-order valence-corrected chi connectivity index (χ3v) is 4.55. The smallest absolute Gasteiger partial charge is 0.311 e. The van der Waals surface area contributed by atoms with Gasteiger partial charge in [-0.3, -0.25) is 14.4 Å². The van der Waals surface area contributed by atoms with Crippen LogP contribution in [-0.4, -0.2) is 38.0 Å². The van der Waals surface area contributed by atoms with Crippen molar-refractivity contribution >= 4 is 40.8 Å². The number of amides is 2. The number of nitrogens with one attached hydrogen (secondary N) is 1. The van der Waals surface area contributed by atoms with Crippen molar-refractivity contribution in [2.75, 3.05) is 30.5 Å². The van der Waals surface area contributed by atoms with Crippen molar-refractivity contribution in [3.05, 3.63) is 53.6 Å². The Morgan fingerprint density at radius 1 is 1.21 bits per heavy atom. The molecule has 8 heteroatoms. The molecule has 1 aliphatic heterocycles. The SMILES string of the molecule is COc1cccc(NC(=O)COC(=O)[C@@H]2CC(=O)N(c3ccc(Cl)cc3)C2)c1. The van der Waals surface area contributed by atoms with Gasteiger partial charge in [0.05, 0.1) is 13.0 Å². The Labute approximate surface area is 167 Å². The van der Waals surface area contributed by atoms with E-state index in [1.807, 2.05) is 0 Å². The molecule has 28 heavy (non-hydrogen) atoms. The molecule has 7 nitrogen and oxygen atoms in total. The fraction of sp³-hybridized carbons (Fsp3) is 0.250. The normalized spacial score (nSPS) is 16.0. The highest BCUT2D eigenvalue weighted by atomic mass is 35.5. The van der Waals surface area contributed by atoms with Crippen molar-refractivity contribution in [1.29, 1.82) is 0 Å². The molecule has 2 aromatic carbocycles. The van der Waals surface area contributed by atoms with E-state index in [-0.39, 0.29) is 18.9 Å². The van der Waals surface area contributed by atoms with E-state index in [0.717, 1.165) is 0 Å². The molecule has 1 fully saturated rings. The monoisotopic (exact) mass is 402 g/mol. The number of methoxy groups -OCH3 is 1. The number of halogens is 1. The second-order valence-electron chi connectivity index (χ2n) is 6.27. The zero-order valence-electron chi connectivity index (χ0n) is 15.2. The number of anilines is 2. The average Bonchev–Trinajstić information content (AvgIpc) is 3.08. The first-order chi connectivity index (χ1) is 13.5. The summed E-state index contributed by atoms with van der Waals surface area (Å²) in [5.41, 5.74) is 1.20. The van der Waals surface area contributed by atoms with Crippen molar-refractivity contribution in [2.45, 2.75) is 6.42 Å². The van der Waals surface area contributed by atoms with Crippen molar-refractivity contribution in [2.24, 2.45) is 5.92 Å². The number of hydrogen-bond donors (Lipinski definition) is 1. The molecule has 146 valence electrons. The van der Waals surface area contributed by atoms with Gasteiger partial charge in [0.15, 0.2) is 6.61 Å². The molecule has 0 bridgehead atoms. The summed E-state index contributed by atoms with van der Waals surface area (Å²) in [5.74, 6) is -1.24. The molecule has 0 radical (unpaired) electrons. The van der Waals surface area contributed by atoms with E-state index in [0.29, 0.717) is 22.1 Å². The molecule has 0 aromatic heterocycles. The summed E-state index contributed by atoms with van der Waals surface area (Å²) in [6.07, 6.45) is 0.0406. The molecule has 1 N–H and O–H groups in total. The third kappa shape index (κ3) is 4.80. The quantitative estimate of drug-likeness (QED) is 0.751. The number of esters is 1. The van der Waals surface area contributed by atoms with Gasteiger partial charge < -0.3 is 19.7 Å². The van der Waals surface area contributed by atoms with E-state index in [2.05, 4.69) is 5.32 Å². The van der Waals surface area contributed by atoms with Crippen molar-refractivity contribution in [3.63, 3.8) is 0 Å². The van der Waals surface area contributed by atoms with Gasteiger partial charge in [-0.05, 0) is 36.4 Å². The maximum absolute atomic E-state index is 12.3. The molecule has 2 amide bonds. The average molecular weight is 403 g/mol. The largest absolute Gasteiger partial charge is 0.497 e. The maximum atomic E-state index is 12.3. The molecule has 0 aliphatic carbocycles. The fourth-order valence-electron chi connectivity index (χ4n) is 2.89. The Bertz CT molecular complexity index is 884. The van der Waals surface area contributed by atoms with Gasteiger partial charge in [0.1, 0.15) is 5.75 Å². The zero-order chi connectivity index (χ0) is 20.1. The van der Waals surface area contributed by atoms with Crippen molar-refractivity contribution in [3.8, 4) is 5.75 Å². The number of carbonyl (C=O) groups is 3. The van der Waals surface area contributed by atoms with Crippen molar-refractivity contribution < 1.29 is 23.9 Å². The van der Waals surface area contributed by atoms with E-state index in [4.69, 9.17) is 21.1 Å². The van der Waals surface area contributed by atoms with Crippen LogP contribution in [0.3, 0.4) is 0 Å². The molecule has 0 saturated carbocycles. The van der Waals surface area contributed by atoms with E-state index in [1.165, 1.54) is 12.0 Å². The third-order valence-electron chi connectivity index (χ3n) is 4.30. The molecule has 2 aromatic rings. The Balaban J connectivity index is 1.51. The standard InChI is InChI=1S/C20H19ClN2O5/c1-27-17-4-2-3-15(10-17)22-18(24)12-28-20(26)13-9-19(25)23(11-13)16-7-5-14(21)6-8-16/h2-8,10,13H,9,11-12H2,1H3,(H,22,24)/t13-/m1/s1. The predicted octanol–water partition coefficient (Wildman–Crippen LogP) is 2.88. The molecule has 1 atom stereocenters. The van der Waals surface area contributed by atoms with Crippen LogP contribution >= 0.6 is 11.6 Å². The van der Waals surface area contributed by atoms with Crippen molar-refractivity contribution in [1.82, 2.24) is 0 Å². The van der Waals surface area contributed by atoms with E-state index >= 15 is 0 Å². The van der Waals surface area contributed by atoms with Crippen LogP contribution in [0.15, 0.2) is 48.5 Å². The van der Waals surface area contributed by atoms with Crippen LogP contribution in [0.25, 0.3) is 0 Å². The summed E-state index contributed by atoms with van der Waals surface area (Å²) in [5, 5.41) is 3.19. The molecular weight excluding hydrogens is 384 g/mol. The molecule has 1 heterocycles. The second kappa shape index (κ2) is 8.75. The summed E-state index contributed by atoms with van der Waals surface area (Å²) in [7, 11) is 1.53. The number of hydrogen-bond acceptors (Lipinski definition) is 5. The Kier molecular flexibility index (Phi) is 6.16. The molecule has 1 aliphatic rings. The summed E-state index contributed by atoms with van der Waals surface area (Å²) in [4.78, 5) is 38.0. The van der Waals surface area contributed by atoms with Gasteiger partial charge in [-0.15, -0.1) is 0 Å². The topological polar surface area (TPSA) is 84.9 Å². The van der Waals surface area contributed by atoms with E-state index in [9.17, 15) is 14.4 Å². The number of nitrogens with zero attached hydrogens (tertiary/aromatic N) is 1. The zero-order valence-corrected chi connectivity index (χ0v) is 15.9. The molecule has 0 spiro atoms. The summed E-state index contributed by atoms with van der Waals surface area (Å²) < 4.78 is 10.2. The van der Waals surface area contributed by atoms with Gasteiger partial charge in [0.2, 0.25) is 5.91 Å². The lowest BCUT2D eigenvalue weighted by Gasteiger charge is -2.16. The van der Waals surface area contributed by atoms with Crippen LogP contribution in [0.1, 0.15) is 6.42 Å². The van der Waals surface area contributed by atoms with Gasteiger partial charge in [0, 0.05) is 35.4 Å². The van der Waals surface area contributed by atoms with Gasteiger partial charge >= 0.3 is 5.97 Å². The lowest BCUT2D eigenvalue weighted by Crippen LogP contribution is -2.28. The molecule has 3 rings (SSSR count). The fourth-order valence-corrected chi connectivity index (χ4v) is 3.01. The van der Waals surface area contributed by atoms with Crippen LogP contribution in [0.4, 0.5) is 11.4 Å². The first-order valence-electron chi connectivity index (χ1n) is 8.62. The number of benzene rings is 2. The van der Waals surface area contributed by atoms with Gasteiger partial charge in [-0.1, -0.05) is 17.7 Å². The Morgan fingerprint density at radius 3 is 2.68 bits per heavy atom. The van der Waals surface area contributed by atoms with Crippen LogP contribution in [0.2, 0.25) is 5.02 Å². The highest BCUT2D eigenvalue weighted by Gasteiger charge is 2.36. The lowest BCUT2D eigenvalue weighted by molar-refractivity contribution is -0.151.